The normalized spacial score (nSPS) is 12.6. The summed E-state index contributed by atoms with van der Waals surface area (Å²) in [6, 6.07) is 33.8. The zero-order valence-corrected chi connectivity index (χ0v) is 25.2. The second-order valence-corrected chi connectivity index (χ2v) is 17.8. The number of hydrogen-bond acceptors (Lipinski definition) is 2. The highest BCUT2D eigenvalue weighted by Crippen LogP contribution is 2.46. The summed E-state index contributed by atoms with van der Waals surface area (Å²) in [4.78, 5) is 0. The van der Waals surface area contributed by atoms with Crippen molar-refractivity contribution in [1.82, 2.24) is 0 Å². The van der Waals surface area contributed by atoms with E-state index in [1.807, 2.05) is 12.1 Å². The van der Waals surface area contributed by atoms with Crippen molar-refractivity contribution in [2.45, 2.75) is 57.9 Å². The van der Waals surface area contributed by atoms with E-state index in [-0.39, 0.29) is 16.4 Å². The summed E-state index contributed by atoms with van der Waals surface area (Å²) in [5, 5.41) is 25.3. The number of hydrogen-bond donors (Lipinski definition) is 2. The molecule has 2 nitrogen and oxygen atoms in total. The van der Waals surface area contributed by atoms with Gasteiger partial charge in [0.2, 0.25) is 0 Å². The molecule has 37 heavy (non-hydrogen) atoms. The minimum atomic E-state index is -0.971. The number of rotatable bonds is 6. The summed E-state index contributed by atoms with van der Waals surface area (Å²) in [6.07, 6.45) is 0. The lowest BCUT2D eigenvalue weighted by Gasteiger charge is -2.30. The van der Waals surface area contributed by atoms with Gasteiger partial charge in [0, 0.05) is 16.2 Å². The van der Waals surface area contributed by atoms with Crippen LogP contribution in [0.3, 0.4) is 0 Å². The second-order valence-electron chi connectivity index (χ2n) is 11.8. The van der Waals surface area contributed by atoms with E-state index >= 15 is 0 Å². The van der Waals surface area contributed by atoms with Gasteiger partial charge in [-0.15, -0.1) is 0 Å². The Labute approximate surface area is 225 Å². The molecular weight excluding hydrogens is 487 g/mol. The fourth-order valence-corrected chi connectivity index (χ4v) is 13.3. The zero-order valence-electron chi connectivity index (χ0n) is 22.9. The Bertz CT molecular complexity index is 1240. The third-order valence-electron chi connectivity index (χ3n) is 7.00. The minimum Gasteiger partial charge on any atom is -0.507 e. The molecule has 4 heteroatoms. The van der Waals surface area contributed by atoms with Crippen molar-refractivity contribution in [3.8, 4) is 11.5 Å². The van der Waals surface area contributed by atoms with Gasteiger partial charge in [-0.2, -0.15) is 0 Å². The molecule has 0 aliphatic carbocycles. The third-order valence-corrected chi connectivity index (χ3v) is 14.8. The van der Waals surface area contributed by atoms with Crippen LogP contribution in [0.4, 0.5) is 0 Å². The van der Waals surface area contributed by atoms with Crippen molar-refractivity contribution in [3.05, 3.63) is 119 Å². The molecule has 192 valence electrons. The van der Waals surface area contributed by atoms with Crippen LogP contribution < -0.4 is 10.6 Å². The van der Waals surface area contributed by atoms with Crippen molar-refractivity contribution < 1.29 is 10.2 Å². The van der Waals surface area contributed by atoms with Crippen LogP contribution in [0.25, 0.3) is 0 Å². The molecule has 0 aliphatic heterocycles. The van der Waals surface area contributed by atoms with E-state index in [0.29, 0.717) is 11.5 Å². The van der Waals surface area contributed by atoms with E-state index in [4.69, 9.17) is 0 Å². The van der Waals surface area contributed by atoms with Gasteiger partial charge in [0.05, 0.1) is 9.19 Å². The lowest BCUT2D eigenvalue weighted by atomic mass is 9.86. The first kappa shape index (κ1) is 27.2. The first-order valence-corrected chi connectivity index (χ1v) is 17.2. The van der Waals surface area contributed by atoms with Gasteiger partial charge in [-0.05, 0) is 33.1 Å². The molecule has 4 rings (SSSR count). The number of aromatic hydroxyl groups is 2. The molecule has 0 heterocycles. The van der Waals surface area contributed by atoms with Gasteiger partial charge in [-0.3, -0.25) is 0 Å². The van der Waals surface area contributed by atoms with Gasteiger partial charge in [-0.25, -0.2) is 0 Å². The minimum absolute atomic E-state index is 0.184. The van der Waals surface area contributed by atoms with E-state index in [1.165, 1.54) is 11.1 Å². The van der Waals surface area contributed by atoms with E-state index < -0.39 is 16.7 Å². The monoisotopic (exact) mass is 526 g/mol. The van der Waals surface area contributed by atoms with E-state index in [1.54, 1.807) is 0 Å². The Kier molecular flexibility index (Phi) is 7.97. The third kappa shape index (κ3) is 6.00. The second kappa shape index (κ2) is 10.9. The summed E-state index contributed by atoms with van der Waals surface area (Å²) >= 11 is 0. The molecule has 0 fully saturated rings. The van der Waals surface area contributed by atoms with Gasteiger partial charge in [-0.1, -0.05) is 146 Å². The molecule has 0 saturated carbocycles. The zero-order chi connectivity index (χ0) is 26.8. The van der Waals surface area contributed by atoms with Crippen LogP contribution in [-0.4, -0.2) is 19.4 Å². The standard InChI is InChI=1S/C33H39O2PSi/c1-32(2,3)25-19-13-21-27(29(25)34)36(28-22-14-20-26(30(28)35)33(4,5)6)37-31(23-15-9-7-10-16-23)24-17-11-8-12-18-24/h7-22,31,34-35H,37H2,1-6H3. The molecule has 0 saturated heterocycles. The maximum absolute atomic E-state index is 11.7. The van der Waals surface area contributed by atoms with Crippen LogP contribution in [0, 0.1) is 0 Å². The van der Waals surface area contributed by atoms with Crippen molar-refractivity contribution >= 4 is 27.3 Å². The molecule has 2 N–H and O–H groups in total. The van der Waals surface area contributed by atoms with Gasteiger partial charge in [0.25, 0.3) is 0 Å². The molecule has 0 amide bonds. The van der Waals surface area contributed by atoms with Crippen molar-refractivity contribution in [1.29, 1.82) is 0 Å². The quantitative estimate of drug-likeness (QED) is 0.210. The highest BCUT2D eigenvalue weighted by Gasteiger charge is 2.31. The van der Waals surface area contributed by atoms with E-state index in [9.17, 15) is 10.2 Å². The Morgan fingerprint density at radius 3 is 1.27 bits per heavy atom. The van der Waals surface area contributed by atoms with Crippen LogP contribution in [0.15, 0.2) is 97.1 Å². The van der Waals surface area contributed by atoms with Crippen LogP contribution in [0.2, 0.25) is 0 Å². The average molecular weight is 527 g/mol. The van der Waals surface area contributed by atoms with Gasteiger partial charge in [0.15, 0.2) is 0 Å². The molecular formula is C33H39O2PSi. The average Bonchev–Trinajstić information content (AvgIpc) is 2.85. The Morgan fingerprint density at radius 2 is 0.919 bits per heavy atom. The van der Waals surface area contributed by atoms with Crippen LogP contribution >= 0.6 is 7.47 Å². The number of phenols is 2. The Hall–Kier alpha value is -2.87. The number of phenolic OH excluding ortho intramolecular Hbond substituents is 2. The lowest BCUT2D eigenvalue weighted by molar-refractivity contribution is 0.450. The molecule has 0 radical (unpaired) electrons. The lowest BCUT2D eigenvalue weighted by Crippen LogP contribution is -2.25. The summed E-state index contributed by atoms with van der Waals surface area (Å²) in [7, 11) is -1.94. The van der Waals surface area contributed by atoms with Crippen molar-refractivity contribution in [2.75, 3.05) is 0 Å². The molecule has 0 spiro atoms. The largest absolute Gasteiger partial charge is 0.507 e. The predicted molar refractivity (Wildman–Crippen MR) is 163 cm³/mol. The smallest absolute Gasteiger partial charge is 0.126 e. The summed E-state index contributed by atoms with van der Waals surface area (Å²) in [5.41, 5.74) is 4.38. The van der Waals surface area contributed by atoms with Crippen molar-refractivity contribution in [2.24, 2.45) is 0 Å². The first-order chi connectivity index (χ1) is 17.5. The molecule has 0 bridgehead atoms. The summed E-state index contributed by atoms with van der Waals surface area (Å²) < 4.78 is 0. The maximum Gasteiger partial charge on any atom is 0.126 e. The fourth-order valence-electron chi connectivity index (χ4n) is 4.99. The van der Waals surface area contributed by atoms with Crippen LogP contribution in [0.1, 0.15) is 69.3 Å². The predicted octanol–water partition coefficient (Wildman–Crippen LogP) is 7.00. The SMILES string of the molecule is CC(C)(C)c1cccc(P([SiH2]C(c2ccccc2)c2ccccc2)c2cccc(C(C)(C)C)c2O)c1O. The summed E-state index contributed by atoms with van der Waals surface area (Å²) in [6.45, 7) is 12.8. The molecule has 0 unspecified atom stereocenters. The Balaban J connectivity index is 1.95. The molecule has 0 aromatic heterocycles. The number of para-hydroxylation sites is 2. The Morgan fingerprint density at radius 1 is 0.541 bits per heavy atom. The van der Waals surface area contributed by atoms with Crippen LogP contribution in [0.5, 0.6) is 11.5 Å². The maximum atomic E-state index is 11.7. The first-order valence-electron chi connectivity index (χ1n) is 13.0. The topological polar surface area (TPSA) is 40.5 Å². The van der Waals surface area contributed by atoms with Gasteiger partial charge >= 0.3 is 0 Å². The number of benzene rings is 4. The van der Waals surface area contributed by atoms with E-state index in [0.717, 1.165) is 21.7 Å². The fraction of sp³-hybridized carbons (Fsp3) is 0.273. The highest BCUT2D eigenvalue weighted by atomic mass is 31.4. The van der Waals surface area contributed by atoms with Gasteiger partial charge in [0.1, 0.15) is 11.5 Å². The summed E-state index contributed by atoms with van der Waals surface area (Å²) in [5.74, 6) is 0.767. The molecule has 0 aliphatic rings. The molecule has 0 atom stereocenters. The van der Waals surface area contributed by atoms with Gasteiger partial charge < -0.3 is 10.2 Å². The highest BCUT2D eigenvalue weighted by molar-refractivity contribution is 7.97. The van der Waals surface area contributed by atoms with Crippen molar-refractivity contribution in [3.63, 3.8) is 0 Å². The molecule has 4 aromatic carbocycles. The molecule has 4 aromatic rings. The van der Waals surface area contributed by atoms with Crippen LogP contribution in [-0.2, 0) is 10.8 Å². The van der Waals surface area contributed by atoms with E-state index in [2.05, 4.69) is 126 Å².